The normalized spacial score (nSPS) is 14.5. The van der Waals surface area contributed by atoms with E-state index in [0.717, 1.165) is 61.1 Å². The van der Waals surface area contributed by atoms with Crippen LogP contribution in [0.2, 0.25) is 0 Å². The maximum atomic E-state index is 12.6. The Labute approximate surface area is 163 Å². The minimum Gasteiger partial charge on any atom is -0.354 e. The van der Waals surface area contributed by atoms with E-state index in [9.17, 15) is 4.79 Å². The molecule has 2 aromatic heterocycles. The first-order valence-electron chi connectivity index (χ1n) is 9.40. The molecule has 1 aromatic carbocycles. The Morgan fingerprint density at radius 3 is 2.86 bits per heavy atom. The molecule has 4 rings (SSSR count). The van der Waals surface area contributed by atoms with Crippen molar-refractivity contribution in [3.63, 3.8) is 0 Å². The molecule has 0 saturated carbocycles. The van der Waals surface area contributed by atoms with Crippen LogP contribution in [0.5, 0.6) is 0 Å². The predicted octanol–water partition coefficient (Wildman–Crippen LogP) is 2.23. The predicted molar refractivity (Wildman–Crippen MR) is 108 cm³/mol. The summed E-state index contributed by atoms with van der Waals surface area (Å²) < 4.78 is 0. The van der Waals surface area contributed by atoms with Gasteiger partial charge in [0.05, 0.1) is 12.4 Å². The second kappa shape index (κ2) is 8.18. The monoisotopic (exact) mass is 377 g/mol. The molecular weight excluding hydrogens is 354 g/mol. The zero-order chi connectivity index (χ0) is 19.3. The topological polar surface area (TPSA) is 98.8 Å². The van der Waals surface area contributed by atoms with Crippen molar-refractivity contribution in [3.8, 4) is 11.4 Å². The number of aryl methyl sites for hydroxylation is 1. The van der Waals surface area contributed by atoms with Gasteiger partial charge in [-0.05, 0) is 31.5 Å². The maximum Gasteiger partial charge on any atom is 0.275 e. The number of carbonyl (C=O) groups is 1. The van der Waals surface area contributed by atoms with Crippen LogP contribution in [-0.2, 0) is 0 Å². The molecule has 0 radical (unpaired) electrons. The van der Waals surface area contributed by atoms with Gasteiger partial charge >= 0.3 is 0 Å². The average Bonchev–Trinajstić information content (AvgIpc) is 3.12. The summed E-state index contributed by atoms with van der Waals surface area (Å²) in [6, 6.07) is 5.82. The highest BCUT2D eigenvalue weighted by molar-refractivity contribution is 6.03. The van der Waals surface area contributed by atoms with Crippen molar-refractivity contribution in [2.75, 3.05) is 36.4 Å². The van der Waals surface area contributed by atoms with Gasteiger partial charge < -0.3 is 20.5 Å². The van der Waals surface area contributed by atoms with E-state index in [0.29, 0.717) is 5.69 Å². The molecule has 0 aliphatic carbocycles. The highest BCUT2D eigenvalue weighted by atomic mass is 16.1. The molecule has 144 valence electrons. The average molecular weight is 377 g/mol. The fraction of sp³-hybridized carbons (Fsp3) is 0.300. The van der Waals surface area contributed by atoms with Crippen molar-refractivity contribution in [2.24, 2.45) is 0 Å². The van der Waals surface area contributed by atoms with Crippen LogP contribution in [0.3, 0.4) is 0 Å². The fourth-order valence-electron chi connectivity index (χ4n) is 3.19. The molecule has 3 N–H and O–H groups in total. The highest BCUT2D eigenvalue weighted by Crippen LogP contribution is 2.23. The van der Waals surface area contributed by atoms with Crippen LogP contribution in [-0.4, -0.2) is 52.0 Å². The summed E-state index contributed by atoms with van der Waals surface area (Å²) in [5.41, 5.74) is 2.88. The van der Waals surface area contributed by atoms with E-state index in [2.05, 4.69) is 35.5 Å². The van der Waals surface area contributed by atoms with Crippen molar-refractivity contribution in [2.45, 2.75) is 13.3 Å². The maximum absolute atomic E-state index is 12.6. The smallest absolute Gasteiger partial charge is 0.275 e. The molecule has 3 aromatic rings. The largest absolute Gasteiger partial charge is 0.354 e. The molecular formula is C20H23N7O. The van der Waals surface area contributed by atoms with Gasteiger partial charge in [0.25, 0.3) is 5.91 Å². The number of carbonyl (C=O) groups excluding carboxylic acids is 1. The van der Waals surface area contributed by atoms with E-state index in [1.54, 1.807) is 18.6 Å². The molecule has 0 bridgehead atoms. The quantitative estimate of drug-likeness (QED) is 0.645. The van der Waals surface area contributed by atoms with E-state index in [1.807, 2.05) is 25.1 Å². The van der Waals surface area contributed by atoms with E-state index < -0.39 is 0 Å². The first kappa shape index (κ1) is 18.1. The third-order valence-electron chi connectivity index (χ3n) is 4.79. The molecule has 0 unspecified atom stereocenters. The van der Waals surface area contributed by atoms with Crippen LogP contribution in [0.1, 0.15) is 22.5 Å². The highest BCUT2D eigenvalue weighted by Gasteiger charge is 2.14. The number of imidazole rings is 1. The number of rotatable bonds is 4. The van der Waals surface area contributed by atoms with Gasteiger partial charge in [0, 0.05) is 43.3 Å². The molecule has 1 aliphatic rings. The molecule has 0 atom stereocenters. The van der Waals surface area contributed by atoms with Gasteiger partial charge in [0.1, 0.15) is 17.3 Å². The lowest BCUT2D eigenvalue weighted by Gasteiger charge is -2.20. The fourth-order valence-corrected chi connectivity index (χ4v) is 3.19. The van der Waals surface area contributed by atoms with Crippen LogP contribution in [0, 0.1) is 6.92 Å². The Balaban J connectivity index is 1.48. The molecule has 28 heavy (non-hydrogen) atoms. The summed E-state index contributed by atoms with van der Waals surface area (Å²) in [4.78, 5) is 30.9. The van der Waals surface area contributed by atoms with E-state index >= 15 is 0 Å². The van der Waals surface area contributed by atoms with Gasteiger partial charge in [-0.15, -0.1) is 0 Å². The second-order valence-electron chi connectivity index (χ2n) is 6.77. The number of nitrogens with zero attached hydrogens (tertiary/aromatic N) is 4. The minimum atomic E-state index is -0.281. The van der Waals surface area contributed by atoms with Gasteiger partial charge in [-0.2, -0.15) is 0 Å². The standard InChI is InChI=1S/C20H23N7O/c1-14-3-4-15(19-22-6-7-23-19)11-16(14)26-20(28)17-12-25-18(13-24-17)27-9-2-5-21-8-10-27/h3-4,6-7,11-13,21H,2,5,8-10H2,1H3,(H,22,23)(H,26,28). The van der Waals surface area contributed by atoms with Gasteiger partial charge in [-0.3, -0.25) is 4.79 Å². The van der Waals surface area contributed by atoms with Gasteiger partial charge in [0.15, 0.2) is 0 Å². The number of anilines is 2. The number of nitrogens with one attached hydrogen (secondary N) is 3. The van der Waals surface area contributed by atoms with Crippen LogP contribution in [0.15, 0.2) is 43.0 Å². The summed E-state index contributed by atoms with van der Waals surface area (Å²) >= 11 is 0. The molecule has 1 amide bonds. The third-order valence-corrected chi connectivity index (χ3v) is 4.79. The summed E-state index contributed by atoms with van der Waals surface area (Å²) in [6.45, 7) is 5.71. The lowest BCUT2D eigenvalue weighted by Crippen LogP contribution is -2.29. The van der Waals surface area contributed by atoms with Crippen molar-refractivity contribution < 1.29 is 4.79 Å². The number of aromatic nitrogens is 4. The van der Waals surface area contributed by atoms with Crippen LogP contribution in [0.4, 0.5) is 11.5 Å². The second-order valence-corrected chi connectivity index (χ2v) is 6.77. The van der Waals surface area contributed by atoms with Crippen LogP contribution < -0.4 is 15.5 Å². The lowest BCUT2D eigenvalue weighted by atomic mass is 10.1. The Morgan fingerprint density at radius 1 is 1.14 bits per heavy atom. The van der Waals surface area contributed by atoms with Crippen molar-refractivity contribution >= 4 is 17.4 Å². The zero-order valence-corrected chi connectivity index (χ0v) is 15.8. The summed E-state index contributed by atoms with van der Waals surface area (Å²) in [7, 11) is 0. The van der Waals surface area contributed by atoms with Gasteiger partial charge in [0.2, 0.25) is 0 Å². The van der Waals surface area contributed by atoms with Crippen molar-refractivity contribution in [1.29, 1.82) is 0 Å². The SMILES string of the molecule is Cc1ccc(-c2ncc[nH]2)cc1NC(=O)c1cnc(N2CCCNCC2)cn1. The molecule has 0 spiro atoms. The zero-order valence-electron chi connectivity index (χ0n) is 15.8. The molecule has 8 heteroatoms. The van der Waals surface area contributed by atoms with E-state index in [4.69, 9.17) is 0 Å². The number of amides is 1. The molecule has 1 fully saturated rings. The number of hydrogen-bond donors (Lipinski definition) is 3. The van der Waals surface area contributed by atoms with Crippen molar-refractivity contribution in [3.05, 3.63) is 54.2 Å². The number of hydrogen-bond acceptors (Lipinski definition) is 6. The van der Waals surface area contributed by atoms with Crippen LogP contribution >= 0.6 is 0 Å². The van der Waals surface area contributed by atoms with Gasteiger partial charge in [-0.1, -0.05) is 12.1 Å². The Morgan fingerprint density at radius 2 is 2.07 bits per heavy atom. The summed E-state index contributed by atoms with van der Waals surface area (Å²) in [5, 5.41) is 6.29. The number of H-pyrrole nitrogens is 1. The Kier molecular flexibility index (Phi) is 5.29. The minimum absolute atomic E-state index is 0.281. The first-order chi connectivity index (χ1) is 13.7. The summed E-state index contributed by atoms with van der Waals surface area (Å²) in [5.74, 6) is 1.28. The van der Waals surface area contributed by atoms with Crippen molar-refractivity contribution in [1.82, 2.24) is 25.3 Å². The summed E-state index contributed by atoms with van der Waals surface area (Å²) in [6.07, 6.45) is 7.74. The lowest BCUT2D eigenvalue weighted by molar-refractivity contribution is 0.102. The Hall–Kier alpha value is -3.26. The molecule has 3 heterocycles. The third kappa shape index (κ3) is 4.01. The number of aromatic amines is 1. The van der Waals surface area contributed by atoms with Gasteiger partial charge in [-0.25, -0.2) is 15.0 Å². The molecule has 1 saturated heterocycles. The molecule has 8 nitrogen and oxygen atoms in total. The number of benzene rings is 1. The first-order valence-corrected chi connectivity index (χ1v) is 9.40. The van der Waals surface area contributed by atoms with E-state index in [-0.39, 0.29) is 5.91 Å². The molecule has 1 aliphatic heterocycles. The van der Waals surface area contributed by atoms with Crippen LogP contribution in [0.25, 0.3) is 11.4 Å². The van der Waals surface area contributed by atoms with E-state index in [1.165, 1.54) is 6.20 Å². The Bertz CT molecular complexity index is 930.